The second-order valence-electron chi connectivity index (χ2n) is 5.77. The molecule has 1 aliphatic heterocycles. The van der Waals surface area contributed by atoms with Crippen LogP contribution in [-0.4, -0.2) is 0 Å². The van der Waals surface area contributed by atoms with Gasteiger partial charge in [0.2, 0.25) is 5.52 Å². The lowest BCUT2D eigenvalue weighted by atomic mass is 10.0. The standard InChI is InChI=1S/C20H17ClNOS/c1-3-22-17-11-14(21)8-9-19(17)24-20(22)12-15-10-13(2)16-6-4-5-7-18(16)23-15/h4-12H,3H2,1-2H3/q+1. The molecule has 0 saturated carbocycles. The molecule has 0 radical (unpaired) electrons. The van der Waals surface area contributed by atoms with E-state index in [1.165, 1.54) is 15.8 Å². The molecular weight excluding hydrogens is 338 g/mol. The van der Waals surface area contributed by atoms with E-state index in [9.17, 15) is 0 Å². The number of thiazole rings is 1. The van der Waals surface area contributed by atoms with Crippen molar-refractivity contribution in [3.8, 4) is 5.75 Å². The van der Waals surface area contributed by atoms with Crippen LogP contribution in [0.25, 0.3) is 21.9 Å². The van der Waals surface area contributed by atoms with Gasteiger partial charge in [0.15, 0.2) is 0 Å². The minimum Gasteiger partial charge on any atom is -0.456 e. The molecule has 0 fully saturated rings. The molecule has 0 saturated heterocycles. The highest BCUT2D eigenvalue weighted by atomic mass is 35.5. The Morgan fingerprint density at radius 3 is 2.88 bits per heavy atom. The van der Waals surface area contributed by atoms with Gasteiger partial charge in [-0.25, -0.2) is 0 Å². The first-order valence-corrected chi connectivity index (χ1v) is 9.14. The molecular formula is C20H17ClNOS+. The first-order valence-electron chi connectivity index (χ1n) is 7.95. The van der Waals surface area contributed by atoms with Crippen molar-refractivity contribution in [2.45, 2.75) is 20.4 Å². The first-order chi connectivity index (χ1) is 11.7. The summed E-state index contributed by atoms with van der Waals surface area (Å²) in [6.07, 6.45) is 4.21. The summed E-state index contributed by atoms with van der Waals surface area (Å²) in [6, 6.07) is 14.2. The molecule has 4 heteroatoms. The maximum absolute atomic E-state index is 6.17. The van der Waals surface area contributed by atoms with E-state index in [0.29, 0.717) is 0 Å². The van der Waals surface area contributed by atoms with Crippen LogP contribution in [0.5, 0.6) is 5.75 Å². The number of halogens is 1. The Bertz CT molecular complexity index is 1000. The van der Waals surface area contributed by atoms with Crippen LogP contribution >= 0.6 is 22.9 Å². The fourth-order valence-corrected chi connectivity index (χ4v) is 4.34. The zero-order valence-corrected chi connectivity index (χ0v) is 15.1. The van der Waals surface area contributed by atoms with E-state index < -0.39 is 0 Å². The zero-order chi connectivity index (χ0) is 16.7. The zero-order valence-electron chi connectivity index (χ0n) is 13.5. The number of aromatic nitrogens is 1. The third kappa shape index (κ3) is 2.64. The number of aryl methyl sites for hydroxylation is 1. The van der Waals surface area contributed by atoms with Gasteiger partial charge in [-0.2, -0.15) is 4.57 Å². The molecule has 1 aliphatic rings. The smallest absolute Gasteiger partial charge is 0.266 e. The lowest BCUT2D eigenvalue weighted by molar-refractivity contribution is -0.665. The number of fused-ring (bicyclic) bond motifs is 2. The second-order valence-corrected chi connectivity index (χ2v) is 7.27. The maximum Gasteiger partial charge on any atom is 0.266 e. The Morgan fingerprint density at radius 1 is 1.21 bits per heavy atom. The van der Waals surface area contributed by atoms with Crippen molar-refractivity contribution in [2.24, 2.45) is 0 Å². The van der Waals surface area contributed by atoms with Crippen LogP contribution in [0.2, 0.25) is 5.02 Å². The van der Waals surface area contributed by atoms with Crippen molar-refractivity contribution in [1.82, 2.24) is 0 Å². The minimum atomic E-state index is 0.764. The molecule has 2 aromatic carbocycles. The highest BCUT2D eigenvalue weighted by molar-refractivity contribution is 7.18. The normalized spacial score (nSPS) is 15.3. The molecule has 0 N–H and O–H groups in total. The van der Waals surface area contributed by atoms with E-state index in [4.69, 9.17) is 16.3 Å². The fraction of sp³-hybridized carbons (Fsp3) is 0.150. The number of benzene rings is 2. The molecule has 24 heavy (non-hydrogen) atoms. The summed E-state index contributed by atoms with van der Waals surface area (Å²) in [7, 11) is 0. The van der Waals surface area contributed by atoms with Gasteiger partial charge in [0.05, 0.1) is 6.08 Å². The third-order valence-electron chi connectivity index (χ3n) is 4.17. The summed E-state index contributed by atoms with van der Waals surface area (Å²) >= 11 is 7.92. The summed E-state index contributed by atoms with van der Waals surface area (Å²) in [4.78, 5) is 0. The number of hydrogen-bond acceptors (Lipinski definition) is 2. The SMILES string of the molecule is CC[n+]1c(C=C2C=C(C)c3ccccc3O2)sc2ccc(Cl)cc21. The monoisotopic (exact) mass is 354 g/mol. The van der Waals surface area contributed by atoms with Crippen LogP contribution in [0.15, 0.2) is 54.3 Å². The van der Waals surface area contributed by atoms with Gasteiger partial charge in [-0.3, -0.25) is 0 Å². The van der Waals surface area contributed by atoms with E-state index >= 15 is 0 Å². The fourth-order valence-electron chi connectivity index (χ4n) is 3.03. The Balaban J connectivity index is 1.82. The summed E-state index contributed by atoms with van der Waals surface area (Å²) < 4.78 is 9.57. The lowest BCUT2D eigenvalue weighted by Gasteiger charge is -2.17. The van der Waals surface area contributed by atoms with Crippen molar-refractivity contribution in [3.05, 3.63) is 69.9 Å². The molecule has 4 rings (SSSR count). The number of allylic oxidation sites excluding steroid dienone is 2. The van der Waals surface area contributed by atoms with Crippen LogP contribution in [0.3, 0.4) is 0 Å². The molecule has 120 valence electrons. The van der Waals surface area contributed by atoms with Gasteiger partial charge in [-0.05, 0) is 43.7 Å². The second kappa shape index (κ2) is 6.08. The Labute approximate surface area is 150 Å². The van der Waals surface area contributed by atoms with Crippen molar-refractivity contribution in [3.63, 3.8) is 0 Å². The van der Waals surface area contributed by atoms with Crippen molar-refractivity contribution >= 4 is 44.8 Å². The third-order valence-corrected chi connectivity index (χ3v) is 5.52. The van der Waals surface area contributed by atoms with E-state index in [2.05, 4.69) is 42.7 Å². The average Bonchev–Trinajstić information content (AvgIpc) is 2.91. The number of nitrogens with zero attached hydrogens (tertiary/aromatic N) is 1. The van der Waals surface area contributed by atoms with Gasteiger partial charge in [0, 0.05) is 16.7 Å². The highest BCUT2D eigenvalue weighted by Gasteiger charge is 2.20. The highest BCUT2D eigenvalue weighted by Crippen LogP contribution is 2.34. The van der Waals surface area contributed by atoms with Gasteiger partial charge in [-0.15, -0.1) is 0 Å². The number of rotatable bonds is 2. The molecule has 0 spiro atoms. The molecule has 0 aliphatic carbocycles. The Hall–Kier alpha value is -2.10. The minimum absolute atomic E-state index is 0.764. The molecule has 0 unspecified atom stereocenters. The van der Waals surface area contributed by atoms with E-state index in [-0.39, 0.29) is 0 Å². The predicted octanol–water partition coefficient (Wildman–Crippen LogP) is 5.70. The predicted molar refractivity (Wildman–Crippen MR) is 101 cm³/mol. The van der Waals surface area contributed by atoms with Crippen LogP contribution in [0, 0.1) is 0 Å². The topological polar surface area (TPSA) is 13.1 Å². The quantitative estimate of drug-likeness (QED) is 0.538. The van der Waals surface area contributed by atoms with E-state index in [0.717, 1.165) is 33.6 Å². The molecule has 2 heterocycles. The van der Waals surface area contributed by atoms with Crippen LogP contribution in [0.1, 0.15) is 24.4 Å². The summed E-state index contributed by atoms with van der Waals surface area (Å²) in [5.41, 5.74) is 3.54. The summed E-state index contributed by atoms with van der Waals surface area (Å²) in [5, 5.41) is 1.92. The van der Waals surface area contributed by atoms with E-state index in [1.807, 2.05) is 30.3 Å². The van der Waals surface area contributed by atoms with Crippen molar-refractivity contribution in [1.29, 1.82) is 0 Å². The van der Waals surface area contributed by atoms with Crippen LogP contribution < -0.4 is 9.30 Å². The van der Waals surface area contributed by atoms with Gasteiger partial charge in [0.1, 0.15) is 22.8 Å². The number of hydrogen-bond donors (Lipinski definition) is 0. The van der Waals surface area contributed by atoms with Gasteiger partial charge < -0.3 is 4.74 Å². The Kier molecular flexibility index (Phi) is 3.91. The molecule has 0 amide bonds. The van der Waals surface area contributed by atoms with Gasteiger partial charge >= 0.3 is 0 Å². The molecule has 1 aromatic heterocycles. The lowest BCUT2D eigenvalue weighted by Crippen LogP contribution is -2.33. The average molecular weight is 355 g/mol. The van der Waals surface area contributed by atoms with Gasteiger partial charge in [-0.1, -0.05) is 41.1 Å². The van der Waals surface area contributed by atoms with Crippen molar-refractivity contribution in [2.75, 3.05) is 0 Å². The van der Waals surface area contributed by atoms with Gasteiger partial charge in [0.25, 0.3) is 5.01 Å². The molecule has 3 aromatic rings. The number of para-hydroxylation sites is 1. The molecule has 2 nitrogen and oxygen atoms in total. The molecule has 0 bridgehead atoms. The van der Waals surface area contributed by atoms with Crippen LogP contribution in [-0.2, 0) is 6.54 Å². The Morgan fingerprint density at radius 2 is 2.04 bits per heavy atom. The maximum atomic E-state index is 6.17. The van der Waals surface area contributed by atoms with Crippen LogP contribution in [0.4, 0.5) is 0 Å². The summed E-state index contributed by atoms with van der Waals surface area (Å²) in [5.74, 6) is 1.78. The van der Waals surface area contributed by atoms with Crippen molar-refractivity contribution < 1.29 is 9.30 Å². The first kappa shape index (κ1) is 15.4. The molecule has 0 atom stereocenters. The number of ether oxygens (including phenoxy) is 1. The largest absolute Gasteiger partial charge is 0.456 e. The summed E-state index contributed by atoms with van der Waals surface area (Å²) in [6.45, 7) is 5.15. The van der Waals surface area contributed by atoms with E-state index in [1.54, 1.807) is 11.3 Å².